The number of hydrogen-bond acceptors (Lipinski definition) is 4. The van der Waals surface area contributed by atoms with Gasteiger partial charge in [-0.25, -0.2) is 0 Å². The Balaban J connectivity index is 1.85. The minimum Gasteiger partial charge on any atom is -0.490 e. The number of amides is 1. The summed E-state index contributed by atoms with van der Waals surface area (Å²) in [5.41, 5.74) is 2.97. The number of rotatable bonds is 7. The van der Waals surface area contributed by atoms with Crippen LogP contribution in [0.4, 0.5) is 0 Å². The van der Waals surface area contributed by atoms with Crippen molar-refractivity contribution in [3.63, 3.8) is 0 Å². The summed E-state index contributed by atoms with van der Waals surface area (Å²) in [6.07, 6.45) is 2.53. The first-order chi connectivity index (χ1) is 13.9. The van der Waals surface area contributed by atoms with Crippen LogP contribution in [0.25, 0.3) is 0 Å². The van der Waals surface area contributed by atoms with Gasteiger partial charge in [0.15, 0.2) is 11.5 Å². The molecule has 0 fully saturated rings. The molecule has 2 heterocycles. The van der Waals surface area contributed by atoms with E-state index in [1.54, 1.807) is 0 Å². The molecule has 2 atom stereocenters. The van der Waals surface area contributed by atoms with Gasteiger partial charge in [-0.2, -0.15) is 5.10 Å². The Morgan fingerprint density at radius 1 is 1.17 bits per heavy atom. The van der Waals surface area contributed by atoms with Crippen molar-refractivity contribution in [2.75, 3.05) is 13.2 Å². The normalized spacial score (nSPS) is 15.7. The molecule has 6 heteroatoms. The summed E-state index contributed by atoms with van der Waals surface area (Å²) in [6, 6.07) is 7.56. The largest absolute Gasteiger partial charge is 0.490 e. The standard InChI is InChI=1S/C23H33N3O3/c1-6-8-19(26-17(5)13-16(4)25-26)23(27)24-22(15(2)3)18-9-10-20-21(14-18)29-12-7-11-28-20/h9-10,13-15,19,22H,6-8,11-12H2,1-5H3,(H,24,27)/t19-,22-/m0/s1. The highest BCUT2D eigenvalue weighted by Gasteiger charge is 2.27. The van der Waals surface area contributed by atoms with E-state index in [4.69, 9.17) is 9.47 Å². The summed E-state index contributed by atoms with van der Waals surface area (Å²) >= 11 is 0. The molecule has 0 bridgehead atoms. The van der Waals surface area contributed by atoms with Crippen LogP contribution in [-0.4, -0.2) is 28.9 Å². The van der Waals surface area contributed by atoms with Crippen LogP contribution < -0.4 is 14.8 Å². The molecule has 1 aromatic heterocycles. The lowest BCUT2D eigenvalue weighted by molar-refractivity contribution is -0.126. The highest BCUT2D eigenvalue weighted by Crippen LogP contribution is 2.34. The fourth-order valence-electron chi connectivity index (χ4n) is 3.86. The lowest BCUT2D eigenvalue weighted by Crippen LogP contribution is -2.38. The average molecular weight is 400 g/mol. The minimum absolute atomic E-state index is 0.00358. The van der Waals surface area contributed by atoms with E-state index in [0.29, 0.717) is 13.2 Å². The third-order valence-corrected chi connectivity index (χ3v) is 5.30. The molecular weight excluding hydrogens is 366 g/mol. The third-order valence-electron chi connectivity index (χ3n) is 5.30. The van der Waals surface area contributed by atoms with Gasteiger partial charge in [-0.05, 0) is 49.9 Å². The van der Waals surface area contributed by atoms with Crippen LogP contribution in [-0.2, 0) is 4.79 Å². The second kappa shape index (κ2) is 9.33. The predicted octanol–water partition coefficient (Wildman–Crippen LogP) is 4.52. The van der Waals surface area contributed by atoms with Gasteiger partial charge in [0, 0.05) is 12.1 Å². The number of nitrogens with zero attached hydrogens (tertiary/aromatic N) is 2. The number of carbonyl (C=O) groups is 1. The van der Waals surface area contributed by atoms with E-state index >= 15 is 0 Å². The number of aryl methyl sites for hydroxylation is 2. The first-order valence-electron chi connectivity index (χ1n) is 10.6. The molecule has 1 amide bonds. The van der Waals surface area contributed by atoms with Crippen LogP contribution in [0.1, 0.15) is 69.1 Å². The SMILES string of the molecule is CCC[C@@H](C(=O)N[C@H](c1ccc2c(c1)OCCCO2)C(C)C)n1nc(C)cc1C. The van der Waals surface area contributed by atoms with E-state index in [0.717, 1.165) is 47.7 Å². The summed E-state index contributed by atoms with van der Waals surface area (Å²) in [5.74, 6) is 1.76. The van der Waals surface area contributed by atoms with Crippen molar-refractivity contribution in [2.24, 2.45) is 5.92 Å². The van der Waals surface area contributed by atoms with Crippen molar-refractivity contribution in [1.29, 1.82) is 0 Å². The zero-order valence-corrected chi connectivity index (χ0v) is 18.2. The van der Waals surface area contributed by atoms with Gasteiger partial charge < -0.3 is 14.8 Å². The highest BCUT2D eigenvalue weighted by atomic mass is 16.5. The molecule has 0 saturated heterocycles. The Kier molecular flexibility index (Phi) is 6.83. The first kappa shape index (κ1) is 21.2. The molecule has 0 radical (unpaired) electrons. The molecule has 158 valence electrons. The quantitative estimate of drug-likeness (QED) is 0.744. The number of fused-ring (bicyclic) bond motifs is 1. The second-order valence-corrected chi connectivity index (χ2v) is 8.16. The molecule has 0 spiro atoms. The summed E-state index contributed by atoms with van der Waals surface area (Å²) in [6.45, 7) is 11.6. The fourth-order valence-corrected chi connectivity index (χ4v) is 3.86. The van der Waals surface area contributed by atoms with E-state index in [1.165, 1.54) is 0 Å². The summed E-state index contributed by atoms with van der Waals surface area (Å²) in [7, 11) is 0. The highest BCUT2D eigenvalue weighted by molar-refractivity contribution is 5.80. The molecule has 1 N–H and O–H groups in total. The zero-order valence-electron chi connectivity index (χ0n) is 18.2. The molecule has 0 unspecified atom stereocenters. The number of hydrogen-bond donors (Lipinski definition) is 1. The van der Waals surface area contributed by atoms with Gasteiger partial charge in [-0.3, -0.25) is 9.48 Å². The smallest absolute Gasteiger partial charge is 0.245 e. The van der Waals surface area contributed by atoms with Gasteiger partial charge in [-0.1, -0.05) is 33.3 Å². The Hall–Kier alpha value is -2.50. The van der Waals surface area contributed by atoms with Crippen molar-refractivity contribution in [2.45, 2.75) is 66.0 Å². The Labute approximate surface area is 173 Å². The molecule has 3 rings (SSSR count). The molecule has 29 heavy (non-hydrogen) atoms. The van der Waals surface area contributed by atoms with Crippen LogP contribution >= 0.6 is 0 Å². The molecule has 0 saturated carbocycles. The molecule has 1 aliphatic heterocycles. The third kappa shape index (κ3) is 4.92. The van der Waals surface area contributed by atoms with Gasteiger partial charge in [-0.15, -0.1) is 0 Å². The fraction of sp³-hybridized carbons (Fsp3) is 0.565. The number of ether oxygens (including phenoxy) is 2. The van der Waals surface area contributed by atoms with Crippen molar-refractivity contribution in [1.82, 2.24) is 15.1 Å². The molecule has 6 nitrogen and oxygen atoms in total. The molecular formula is C23H33N3O3. The maximum atomic E-state index is 13.3. The van der Waals surface area contributed by atoms with Gasteiger partial charge in [0.05, 0.1) is 24.9 Å². The van der Waals surface area contributed by atoms with Crippen LogP contribution in [0.5, 0.6) is 11.5 Å². The second-order valence-electron chi connectivity index (χ2n) is 8.16. The van der Waals surface area contributed by atoms with Crippen LogP contribution in [0, 0.1) is 19.8 Å². The number of aromatic nitrogens is 2. The van der Waals surface area contributed by atoms with Crippen molar-refractivity contribution in [3.05, 3.63) is 41.2 Å². The summed E-state index contributed by atoms with van der Waals surface area (Å²) < 4.78 is 13.5. The Bertz CT molecular complexity index is 844. The van der Waals surface area contributed by atoms with Crippen LogP contribution in [0.3, 0.4) is 0 Å². The maximum Gasteiger partial charge on any atom is 0.245 e. The van der Waals surface area contributed by atoms with E-state index in [-0.39, 0.29) is 23.9 Å². The Morgan fingerprint density at radius 2 is 1.90 bits per heavy atom. The van der Waals surface area contributed by atoms with E-state index < -0.39 is 0 Å². The van der Waals surface area contributed by atoms with Crippen molar-refractivity contribution < 1.29 is 14.3 Å². The maximum absolute atomic E-state index is 13.3. The monoisotopic (exact) mass is 399 g/mol. The van der Waals surface area contributed by atoms with Gasteiger partial charge in [0.2, 0.25) is 5.91 Å². The van der Waals surface area contributed by atoms with E-state index in [2.05, 4.69) is 31.2 Å². The van der Waals surface area contributed by atoms with Gasteiger partial charge >= 0.3 is 0 Å². The topological polar surface area (TPSA) is 65.4 Å². The molecule has 0 aliphatic carbocycles. The van der Waals surface area contributed by atoms with Crippen LogP contribution in [0.15, 0.2) is 24.3 Å². The van der Waals surface area contributed by atoms with Crippen molar-refractivity contribution >= 4 is 5.91 Å². The van der Waals surface area contributed by atoms with E-state index in [1.807, 2.05) is 42.8 Å². The Morgan fingerprint density at radius 3 is 2.52 bits per heavy atom. The number of nitrogens with one attached hydrogen (secondary N) is 1. The predicted molar refractivity (Wildman–Crippen MR) is 113 cm³/mol. The number of carbonyl (C=O) groups excluding carboxylic acids is 1. The molecule has 2 aromatic rings. The lowest BCUT2D eigenvalue weighted by Gasteiger charge is -2.27. The lowest BCUT2D eigenvalue weighted by atomic mass is 9.95. The van der Waals surface area contributed by atoms with Crippen LogP contribution in [0.2, 0.25) is 0 Å². The molecule has 1 aliphatic rings. The van der Waals surface area contributed by atoms with Gasteiger partial charge in [0.25, 0.3) is 0 Å². The molecule has 1 aromatic carbocycles. The zero-order chi connectivity index (χ0) is 21.0. The summed E-state index contributed by atoms with van der Waals surface area (Å²) in [4.78, 5) is 13.3. The first-order valence-corrected chi connectivity index (χ1v) is 10.6. The minimum atomic E-state index is -0.310. The van der Waals surface area contributed by atoms with Crippen molar-refractivity contribution in [3.8, 4) is 11.5 Å². The average Bonchev–Trinajstić information content (AvgIpc) is 2.88. The summed E-state index contributed by atoms with van der Waals surface area (Å²) in [5, 5.41) is 7.84. The van der Waals surface area contributed by atoms with E-state index in [9.17, 15) is 4.79 Å². The number of benzene rings is 1. The van der Waals surface area contributed by atoms with Gasteiger partial charge in [0.1, 0.15) is 6.04 Å².